The molecule has 2 fully saturated rings. The van der Waals surface area contributed by atoms with Crippen molar-refractivity contribution in [1.29, 1.82) is 0 Å². The lowest BCUT2D eigenvalue weighted by molar-refractivity contribution is -0.318. The van der Waals surface area contributed by atoms with Gasteiger partial charge >= 0.3 is 0 Å². The van der Waals surface area contributed by atoms with Gasteiger partial charge < -0.3 is 71.0 Å². The molecule has 1 aromatic carbocycles. The maximum atomic E-state index is 10.9. The second-order valence-corrected chi connectivity index (χ2v) is 10.9. The van der Waals surface area contributed by atoms with Crippen LogP contribution in [0.1, 0.15) is 43.8 Å². The highest BCUT2D eigenvalue weighted by atomic mass is 16.7. The molecule has 0 amide bonds. The molecule has 0 aliphatic carbocycles. The number of hydrogen-bond acceptors (Lipinski definition) is 14. The molecule has 4 unspecified atom stereocenters. The average Bonchev–Trinajstić information content (AvgIpc) is 3.30. The largest absolute Gasteiger partial charge is 0.395 e. The van der Waals surface area contributed by atoms with Gasteiger partial charge in [-0.1, -0.05) is 49.6 Å². The normalized spacial score (nSPS) is 36.0. The molecule has 2 aliphatic heterocycles. The van der Waals surface area contributed by atoms with Crippen molar-refractivity contribution in [3.8, 4) is 0 Å². The van der Waals surface area contributed by atoms with Crippen LogP contribution in [-0.2, 0) is 9.47 Å². The van der Waals surface area contributed by atoms with Crippen LogP contribution in [-0.4, -0.2) is 149 Å². The lowest BCUT2D eigenvalue weighted by Gasteiger charge is -2.41. The molecule has 0 spiro atoms. The van der Waals surface area contributed by atoms with Gasteiger partial charge in [0.25, 0.3) is 0 Å². The highest BCUT2D eigenvalue weighted by molar-refractivity contribution is 5.18. The lowest BCUT2D eigenvalue weighted by atomic mass is 9.94. The van der Waals surface area contributed by atoms with Gasteiger partial charge in [-0.2, -0.15) is 0 Å². The van der Waals surface area contributed by atoms with Gasteiger partial charge in [0.2, 0.25) is 0 Å². The standard InChI is InChI=1S/C27H45NO13/c29-11-14-20(34)26(41-27-25(39)24(38)23(37)17(12-30)40-27)18(28-14)21(35)15(31)9-5-2-6-10-16(32)22(36)19(33)13-7-3-1-4-8-13/h1,3-4,7-8,14-39H,2,5-6,9-12H2/t14-,15?,16?,17-,18-,19?,20+,21-,22?,23-,24+,25-,26-,27+/m1/s1. The summed E-state index contributed by atoms with van der Waals surface area (Å²) in [6, 6.07) is 6.42. The fraction of sp³-hybridized carbons (Fsp3) is 0.778. The summed E-state index contributed by atoms with van der Waals surface area (Å²) < 4.78 is 11.0. The zero-order valence-corrected chi connectivity index (χ0v) is 22.7. The van der Waals surface area contributed by atoms with E-state index in [0.29, 0.717) is 24.8 Å². The van der Waals surface area contributed by atoms with Crippen LogP contribution in [0, 0.1) is 0 Å². The summed E-state index contributed by atoms with van der Waals surface area (Å²) in [5.41, 5.74) is 0.485. The Kier molecular flexibility index (Phi) is 13.3. The topological polar surface area (TPSA) is 253 Å². The Labute approximate surface area is 238 Å². The van der Waals surface area contributed by atoms with Crippen molar-refractivity contribution >= 4 is 0 Å². The summed E-state index contributed by atoms with van der Waals surface area (Å²) in [6.45, 7) is -1.23. The molecule has 14 heteroatoms. The maximum absolute atomic E-state index is 10.9. The average molecular weight is 592 g/mol. The molecule has 12 N–H and O–H groups in total. The first-order valence-electron chi connectivity index (χ1n) is 14.0. The summed E-state index contributed by atoms with van der Waals surface area (Å²) in [6.07, 6.45) is -15.5. The summed E-state index contributed by atoms with van der Waals surface area (Å²) in [4.78, 5) is 0. The van der Waals surface area contributed by atoms with E-state index < -0.39 is 98.7 Å². The summed E-state index contributed by atoms with van der Waals surface area (Å²) in [7, 11) is 0. The Morgan fingerprint density at radius 1 is 0.756 bits per heavy atom. The SMILES string of the molecule is OC[C@H]1N[C@H]([C@H](O)C(O)CCCCCC(O)C(O)C(O)c2ccccc2)[C@@H](O[C@@H]2O[C@H](CO)[C@@H](O)[C@H](O)[C@H]2O)[C@H]1O. The molecule has 41 heavy (non-hydrogen) atoms. The molecule has 0 radical (unpaired) electrons. The van der Waals surface area contributed by atoms with Crippen molar-refractivity contribution in [3.05, 3.63) is 35.9 Å². The van der Waals surface area contributed by atoms with E-state index in [-0.39, 0.29) is 12.8 Å². The van der Waals surface area contributed by atoms with Crippen LogP contribution in [0.2, 0.25) is 0 Å². The van der Waals surface area contributed by atoms with E-state index in [1.165, 1.54) is 0 Å². The molecule has 14 atom stereocenters. The highest BCUT2D eigenvalue weighted by Crippen LogP contribution is 2.29. The predicted molar refractivity (Wildman–Crippen MR) is 141 cm³/mol. The van der Waals surface area contributed by atoms with Crippen molar-refractivity contribution in [1.82, 2.24) is 5.32 Å². The Hall–Kier alpha value is -1.34. The molecule has 14 nitrogen and oxygen atoms in total. The van der Waals surface area contributed by atoms with Crippen molar-refractivity contribution in [3.63, 3.8) is 0 Å². The quantitative estimate of drug-likeness (QED) is 0.0869. The van der Waals surface area contributed by atoms with Crippen LogP contribution in [0.25, 0.3) is 0 Å². The van der Waals surface area contributed by atoms with E-state index in [2.05, 4.69) is 5.32 Å². The zero-order valence-electron chi connectivity index (χ0n) is 22.7. The minimum atomic E-state index is -1.75. The van der Waals surface area contributed by atoms with E-state index >= 15 is 0 Å². The minimum Gasteiger partial charge on any atom is -0.395 e. The second-order valence-electron chi connectivity index (χ2n) is 10.9. The fourth-order valence-electron chi connectivity index (χ4n) is 5.36. The Balaban J connectivity index is 1.49. The third-order valence-electron chi connectivity index (χ3n) is 7.97. The third-order valence-corrected chi connectivity index (χ3v) is 7.97. The first kappa shape index (κ1) is 34.2. The van der Waals surface area contributed by atoms with E-state index in [0.717, 1.165) is 0 Å². The van der Waals surface area contributed by atoms with Gasteiger partial charge in [0.1, 0.15) is 42.7 Å². The van der Waals surface area contributed by atoms with Gasteiger partial charge in [0, 0.05) is 0 Å². The van der Waals surface area contributed by atoms with Crippen molar-refractivity contribution in [2.45, 2.75) is 118 Å². The molecule has 3 rings (SSSR count). The van der Waals surface area contributed by atoms with Crippen LogP contribution >= 0.6 is 0 Å². The molecule has 1 aromatic rings. The number of nitrogens with one attached hydrogen (secondary N) is 1. The predicted octanol–water partition coefficient (Wildman–Crippen LogP) is -4.01. The molecule has 2 heterocycles. The van der Waals surface area contributed by atoms with E-state index in [4.69, 9.17) is 9.47 Å². The number of aliphatic hydroxyl groups excluding tert-OH is 11. The van der Waals surface area contributed by atoms with Gasteiger partial charge in [-0.05, 0) is 18.4 Å². The minimum absolute atomic E-state index is 0.122. The summed E-state index contributed by atoms with van der Waals surface area (Å²) in [5, 5.41) is 115. The Morgan fingerprint density at radius 3 is 2.00 bits per heavy atom. The fourth-order valence-corrected chi connectivity index (χ4v) is 5.36. The number of rotatable bonds is 15. The van der Waals surface area contributed by atoms with Crippen LogP contribution in [0.4, 0.5) is 0 Å². The molecule has 236 valence electrons. The monoisotopic (exact) mass is 591 g/mol. The van der Waals surface area contributed by atoms with Crippen LogP contribution in [0.3, 0.4) is 0 Å². The highest BCUT2D eigenvalue weighted by Gasteiger charge is 2.51. The second kappa shape index (κ2) is 15.9. The lowest BCUT2D eigenvalue weighted by Crippen LogP contribution is -2.61. The Morgan fingerprint density at radius 2 is 1.39 bits per heavy atom. The Bertz CT molecular complexity index is 882. The number of ether oxygens (including phenoxy) is 2. The van der Waals surface area contributed by atoms with Crippen LogP contribution < -0.4 is 5.32 Å². The van der Waals surface area contributed by atoms with Crippen molar-refractivity contribution < 1.29 is 65.6 Å². The van der Waals surface area contributed by atoms with Crippen molar-refractivity contribution in [2.75, 3.05) is 13.2 Å². The molecule has 0 aromatic heterocycles. The molecule has 2 saturated heterocycles. The molecule has 0 saturated carbocycles. The number of benzene rings is 1. The van der Waals surface area contributed by atoms with Crippen LogP contribution in [0.5, 0.6) is 0 Å². The summed E-state index contributed by atoms with van der Waals surface area (Å²) >= 11 is 0. The number of hydrogen-bond donors (Lipinski definition) is 12. The smallest absolute Gasteiger partial charge is 0.187 e. The van der Waals surface area contributed by atoms with E-state index in [1.54, 1.807) is 30.3 Å². The molecule has 2 aliphatic rings. The van der Waals surface area contributed by atoms with Gasteiger partial charge in [-0.3, -0.25) is 0 Å². The molecular weight excluding hydrogens is 546 g/mol. The van der Waals surface area contributed by atoms with Gasteiger partial charge in [-0.15, -0.1) is 0 Å². The van der Waals surface area contributed by atoms with E-state index in [9.17, 15) is 56.2 Å². The molecular formula is C27H45NO13. The van der Waals surface area contributed by atoms with E-state index in [1.807, 2.05) is 0 Å². The maximum Gasteiger partial charge on any atom is 0.187 e. The van der Waals surface area contributed by atoms with Gasteiger partial charge in [0.15, 0.2) is 6.29 Å². The van der Waals surface area contributed by atoms with Crippen LogP contribution in [0.15, 0.2) is 30.3 Å². The van der Waals surface area contributed by atoms with Gasteiger partial charge in [0.05, 0.1) is 49.7 Å². The molecule has 0 bridgehead atoms. The zero-order chi connectivity index (χ0) is 30.3. The number of aliphatic hydroxyl groups is 11. The van der Waals surface area contributed by atoms with Gasteiger partial charge in [-0.25, -0.2) is 0 Å². The first-order valence-corrected chi connectivity index (χ1v) is 14.0. The third kappa shape index (κ3) is 8.40. The number of unbranched alkanes of at least 4 members (excludes halogenated alkanes) is 2. The first-order chi connectivity index (χ1) is 19.5. The van der Waals surface area contributed by atoms with Crippen molar-refractivity contribution in [2.24, 2.45) is 0 Å². The summed E-state index contributed by atoms with van der Waals surface area (Å²) in [5.74, 6) is 0.